The minimum atomic E-state index is -0.159. The summed E-state index contributed by atoms with van der Waals surface area (Å²) in [6.45, 7) is 14.1. The number of anilines is 1. The summed E-state index contributed by atoms with van der Waals surface area (Å²) in [6, 6.07) is 23.2. The Hall–Kier alpha value is -3.51. The van der Waals surface area contributed by atoms with Crippen LogP contribution in [0.5, 0.6) is 0 Å². The van der Waals surface area contributed by atoms with Gasteiger partial charge in [0.05, 0.1) is 22.8 Å². The molecule has 0 aliphatic rings. The zero-order valence-corrected chi connectivity index (χ0v) is 26.0. The van der Waals surface area contributed by atoms with Crippen molar-refractivity contribution in [1.82, 2.24) is 14.4 Å². The van der Waals surface area contributed by atoms with Crippen LogP contribution in [-0.4, -0.2) is 25.9 Å². The summed E-state index contributed by atoms with van der Waals surface area (Å²) in [5.74, 6) is 0.00344. The summed E-state index contributed by atoms with van der Waals surface area (Å²) in [5.41, 5.74) is 7.54. The number of nitriles is 1. The van der Waals surface area contributed by atoms with Gasteiger partial charge >= 0.3 is 0 Å². The zero-order valence-electron chi connectivity index (χ0n) is 23.4. The number of thiazole rings is 1. The van der Waals surface area contributed by atoms with Gasteiger partial charge in [-0.15, -0.1) is 11.3 Å². The number of rotatable bonds is 7. The maximum atomic E-state index is 6.50. The van der Waals surface area contributed by atoms with Crippen molar-refractivity contribution in [3.05, 3.63) is 120 Å². The lowest BCUT2D eigenvalue weighted by Gasteiger charge is -2.26. The van der Waals surface area contributed by atoms with E-state index in [4.69, 9.17) is 22.9 Å². The van der Waals surface area contributed by atoms with Gasteiger partial charge in [-0.1, -0.05) is 87.0 Å². The number of nitrogens with one attached hydrogen (secondary N) is 1. The largest absolute Gasteiger partial charge is 0.335 e. The summed E-state index contributed by atoms with van der Waals surface area (Å²) in [4.78, 5) is 9.04. The van der Waals surface area contributed by atoms with Gasteiger partial charge in [0, 0.05) is 41.5 Å². The predicted octanol–water partition coefficient (Wildman–Crippen LogP) is 8.92. The first-order valence-electron chi connectivity index (χ1n) is 12.8. The highest BCUT2D eigenvalue weighted by atomic mass is 32.1. The van der Waals surface area contributed by atoms with Crippen LogP contribution in [0.2, 0.25) is 0 Å². The van der Waals surface area contributed by atoms with E-state index in [1.165, 1.54) is 17.5 Å². The van der Waals surface area contributed by atoms with Crippen LogP contribution in [0, 0.1) is 18.8 Å². The van der Waals surface area contributed by atoms with Crippen molar-refractivity contribution in [2.45, 2.75) is 38.4 Å². The lowest BCUT2D eigenvalue weighted by molar-refractivity contribution is 0.813. The maximum absolute atomic E-state index is 6.50. The molecule has 0 amide bonds. The third-order valence-corrected chi connectivity index (χ3v) is 7.03. The monoisotopic (exact) mass is 587 g/mol. The fourth-order valence-electron chi connectivity index (χ4n) is 4.13. The van der Waals surface area contributed by atoms with Crippen LogP contribution in [0.1, 0.15) is 42.9 Å². The van der Waals surface area contributed by atoms with Gasteiger partial charge in [-0.3, -0.25) is 0 Å². The van der Waals surface area contributed by atoms with E-state index in [9.17, 15) is 0 Å². The van der Waals surface area contributed by atoms with Gasteiger partial charge in [0.25, 0.3) is 0 Å². The standard InChI is InChI=1S/C27H24N4S2.C3H8.CHN.CH4S/c1-18-7-6-10-21(15-18)25-23-12-11-22(16-31(23)17-29-25)24(20-8-4-3-5-9-20)26(32)19(2)30-27-28-13-14-33-27;1-3-2;2*1-2/h3-17,24,26,32H,2H2,1H3,(H,28,30);3H2,1-2H3;1H;2H,1H3. The molecule has 0 saturated carbocycles. The van der Waals surface area contributed by atoms with Crippen LogP contribution < -0.4 is 5.32 Å². The van der Waals surface area contributed by atoms with Crippen molar-refractivity contribution in [3.8, 4) is 17.8 Å². The average Bonchev–Trinajstić information content (AvgIpc) is 3.66. The SMILES string of the molecule is C#N.C=C(Nc1nccs1)C(S)C(c1ccccc1)c1ccc2c(-c3cccc(C)c3)ncn2c1.CCC.CS. The van der Waals surface area contributed by atoms with E-state index in [2.05, 4.69) is 128 Å². The molecule has 5 nitrogen and oxygen atoms in total. The van der Waals surface area contributed by atoms with Crippen LogP contribution >= 0.6 is 36.6 Å². The van der Waals surface area contributed by atoms with E-state index in [-0.39, 0.29) is 11.2 Å². The van der Waals surface area contributed by atoms with Crippen LogP contribution in [0.4, 0.5) is 5.13 Å². The lowest BCUT2D eigenvalue weighted by Crippen LogP contribution is -2.21. The van der Waals surface area contributed by atoms with Gasteiger partial charge in [0.1, 0.15) is 0 Å². The number of benzene rings is 2. The highest BCUT2D eigenvalue weighted by molar-refractivity contribution is 7.81. The van der Waals surface area contributed by atoms with E-state index in [0.717, 1.165) is 33.2 Å². The quantitative estimate of drug-likeness (QED) is 0.166. The minimum Gasteiger partial charge on any atom is -0.335 e. The first-order chi connectivity index (χ1) is 19.5. The Labute approximate surface area is 253 Å². The highest BCUT2D eigenvalue weighted by Gasteiger charge is 2.26. The number of fused-ring (bicyclic) bond motifs is 1. The molecule has 0 bridgehead atoms. The van der Waals surface area contributed by atoms with Crippen LogP contribution in [0.3, 0.4) is 0 Å². The molecular weight excluding hydrogens is 551 g/mol. The van der Waals surface area contributed by atoms with Gasteiger partial charge in [-0.25, -0.2) is 15.2 Å². The Bertz CT molecular complexity index is 1460. The second kappa shape index (κ2) is 17.2. The first-order valence-corrected chi connectivity index (χ1v) is 15.1. The molecule has 5 rings (SSSR count). The van der Waals surface area contributed by atoms with Crippen LogP contribution in [-0.2, 0) is 0 Å². The molecule has 0 radical (unpaired) electrons. The smallest absolute Gasteiger partial charge is 0.186 e. The van der Waals surface area contributed by atoms with E-state index >= 15 is 0 Å². The van der Waals surface area contributed by atoms with Gasteiger partial charge in [0.2, 0.25) is 0 Å². The van der Waals surface area contributed by atoms with Crippen molar-refractivity contribution in [2.24, 2.45) is 0 Å². The average molecular weight is 588 g/mol. The third kappa shape index (κ3) is 8.49. The molecule has 1 N–H and O–H groups in total. The number of pyridine rings is 1. The Morgan fingerprint density at radius 1 is 1.02 bits per heavy atom. The normalized spacial score (nSPS) is 11.4. The molecule has 8 heteroatoms. The maximum Gasteiger partial charge on any atom is 0.186 e. The molecule has 2 unspecified atom stereocenters. The molecule has 2 aromatic carbocycles. The Morgan fingerprint density at radius 3 is 2.35 bits per heavy atom. The summed E-state index contributed by atoms with van der Waals surface area (Å²) in [6.07, 6.45) is 8.76. The van der Waals surface area contributed by atoms with Crippen molar-refractivity contribution < 1.29 is 0 Å². The summed E-state index contributed by atoms with van der Waals surface area (Å²) in [7, 11) is 0. The first kappa shape index (κ1) is 32.7. The molecule has 40 heavy (non-hydrogen) atoms. The van der Waals surface area contributed by atoms with Gasteiger partial charge < -0.3 is 9.72 Å². The molecule has 0 spiro atoms. The summed E-state index contributed by atoms with van der Waals surface area (Å²) < 4.78 is 2.10. The molecule has 0 saturated heterocycles. The molecule has 208 valence electrons. The second-order valence-electron chi connectivity index (χ2n) is 8.75. The minimum absolute atomic E-state index is 0.00344. The molecule has 0 fully saturated rings. The third-order valence-electron chi connectivity index (χ3n) is 5.74. The van der Waals surface area contributed by atoms with Crippen molar-refractivity contribution in [3.63, 3.8) is 0 Å². The second-order valence-corrected chi connectivity index (χ2v) is 10.2. The topological polar surface area (TPSA) is 66.0 Å². The molecule has 3 heterocycles. The van der Waals surface area contributed by atoms with Crippen molar-refractivity contribution >= 4 is 47.2 Å². The molecule has 2 atom stereocenters. The number of thiol groups is 2. The van der Waals surface area contributed by atoms with Crippen LogP contribution in [0.15, 0.2) is 103 Å². The number of hydrogen-bond donors (Lipinski definition) is 3. The molecular formula is C32H37N5S3. The fraction of sp³-hybridized carbons (Fsp3) is 0.219. The van der Waals surface area contributed by atoms with E-state index < -0.39 is 0 Å². The Kier molecular flexibility index (Phi) is 14.1. The zero-order chi connectivity index (χ0) is 29.5. The molecule has 0 aliphatic heterocycles. The molecule has 5 aromatic rings. The van der Waals surface area contributed by atoms with Crippen molar-refractivity contribution in [1.29, 1.82) is 5.26 Å². The molecule has 0 aliphatic carbocycles. The molecule has 3 aromatic heterocycles. The predicted molar refractivity (Wildman–Crippen MR) is 179 cm³/mol. The number of imidazole rings is 1. The lowest BCUT2D eigenvalue weighted by atomic mass is 9.88. The van der Waals surface area contributed by atoms with Gasteiger partial charge in [-0.2, -0.15) is 25.3 Å². The van der Waals surface area contributed by atoms with E-state index in [1.54, 1.807) is 23.8 Å². The van der Waals surface area contributed by atoms with E-state index in [1.807, 2.05) is 17.8 Å². The number of aromatic nitrogens is 3. The number of aryl methyl sites for hydroxylation is 1. The Morgan fingerprint density at radius 2 is 1.73 bits per heavy atom. The number of hydrogen-bond acceptors (Lipinski definition) is 7. The van der Waals surface area contributed by atoms with Crippen LogP contribution in [0.25, 0.3) is 16.8 Å². The van der Waals surface area contributed by atoms with Gasteiger partial charge in [0.15, 0.2) is 5.13 Å². The Balaban J connectivity index is 0.000000737. The van der Waals surface area contributed by atoms with E-state index in [0.29, 0.717) is 0 Å². The highest BCUT2D eigenvalue weighted by Crippen LogP contribution is 2.36. The summed E-state index contributed by atoms with van der Waals surface area (Å²) >= 11 is 10.1. The van der Waals surface area contributed by atoms with Gasteiger partial charge in [-0.05, 0) is 36.4 Å². The fourth-order valence-corrected chi connectivity index (χ4v) is 5.10. The van der Waals surface area contributed by atoms with Crippen molar-refractivity contribution in [2.75, 3.05) is 11.6 Å². The number of nitrogens with zero attached hydrogens (tertiary/aromatic N) is 4. The summed E-state index contributed by atoms with van der Waals surface area (Å²) in [5, 5.41) is 12.4.